The SMILES string of the molecule is O=C(O)Cc1ccc(NC(=O)CCC(=O)c2ccc3c(c2)CCC3)cc1F. The van der Waals surface area contributed by atoms with E-state index in [1.165, 1.54) is 23.3 Å². The zero-order valence-electron chi connectivity index (χ0n) is 14.8. The Morgan fingerprint density at radius 1 is 1.00 bits per heavy atom. The van der Waals surface area contributed by atoms with Crippen LogP contribution < -0.4 is 5.32 Å². The molecule has 1 aliphatic carbocycles. The van der Waals surface area contributed by atoms with Crippen LogP contribution in [0.1, 0.15) is 46.3 Å². The number of hydrogen-bond donors (Lipinski definition) is 2. The lowest BCUT2D eigenvalue weighted by molar-refractivity contribution is -0.136. The molecule has 0 fully saturated rings. The zero-order valence-corrected chi connectivity index (χ0v) is 14.8. The molecule has 0 saturated heterocycles. The average Bonchev–Trinajstić information content (AvgIpc) is 3.09. The molecule has 2 N–H and O–H groups in total. The summed E-state index contributed by atoms with van der Waals surface area (Å²) in [5.74, 6) is -2.31. The number of fused-ring (bicyclic) bond motifs is 1. The summed E-state index contributed by atoms with van der Waals surface area (Å²) >= 11 is 0. The third kappa shape index (κ3) is 4.78. The summed E-state index contributed by atoms with van der Waals surface area (Å²) in [7, 11) is 0. The van der Waals surface area contributed by atoms with Crippen molar-refractivity contribution in [2.75, 3.05) is 5.32 Å². The van der Waals surface area contributed by atoms with Gasteiger partial charge in [-0.1, -0.05) is 18.2 Å². The third-order valence-electron chi connectivity index (χ3n) is 4.68. The second-order valence-electron chi connectivity index (χ2n) is 6.69. The van der Waals surface area contributed by atoms with Gasteiger partial charge >= 0.3 is 5.97 Å². The van der Waals surface area contributed by atoms with Gasteiger partial charge in [-0.25, -0.2) is 4.39 Å². The lowest BCUT2D eigenvalue weighted by Crippen LogP contribution is -2.14. The molecule has 1 amide bonds. The summed E-state index contributed by atoms with van der Waals surface area (Å²) < 4.78 is 13.8. The van der Waals surface area contributed by atoms with Gasteiger partial charge in [0.2, 0.25) is 5.91 Å². The number of rotatable bonds is 7. The number of carboxylic acids is 1. The quantitative estimate of drug-likeness (QED) is 0.731. The van der Waals surface area contributed by atoms with Gasteiger partial charge in [-0.3, -0.25) is 14.4 Å². The molecule has 0 atom stereocenters. The number of ketones is 1. The highest BCUT2D eigenvalue weighted by molar-refractivity contribution is 6.00. The summed E-state index contributed by atoms with van der Waals surface area (Å²) in [6, 6.07) is 9.56. The molecule has 0 aliphatic heterocycles. The Hall–Kier alpha value is -3.02. The van der Waals surface area contributed by atoms with Crippen molar-refractivity contribution >= 4 is 23.3 Å². The molecule has 0 radical (unpaired) electrons. The van der Waals surface area contributed by atoms with Gasteiger partial charge in [0.15, 0.2) is 5.78 Å². The molecule has 0 bridgehead atoms. The number of aliphatic carboxylic acids is 1. The topological polar surface area (TPSA) is 83.5 Å². The van der Waals surface area contributed by atoms with Gasteiger partial charge in [0.05, 0.1) is 6.42 Å². The maximum absolute atomic E-state index is 13.8. The van der Waals surface area contributed by atoms with Gasteiger partial charge in [-0.2, -0.15) is 0 Å². The molecule has 1 aliphatic rings. The van der Waals surface area contributed by atoms with Gasteiger partial charge in [0.1, 0.15) is 5.82 Å². The maximum atomic E-state index is 13.8. The molecule has 6 heteroatoms. The van der Waals surface area contributed by atoms with Gasteiger partial charge < -0.3 is 10.4 Å². The lowest BCUT2D eigenvalue weighted by atomic mass is 10.0. The van der Waals surface area contributed by atoms with E-state index in [1.54, 1.807) is 6.07 Å². The minimum absolute atomic E-state index is 0.00554. The Kier molecular flexibility index (Phi) is 5.64. The lowest BCUT2D eigenvalue weighted by Gasteiger charge is -2.08. The van der Waals surface area contributed by atoms with Crippen molar-refractivity contribution in [3.05, 3.63) is 64.5 Å². The molecule has 140 valence electrons. The molecule has 0 spiro atoms. The van der Waals surface area contributed by atoms with Gasteiger partial charge in [-0.15, -0.1) is 0 Å². The number of hydrogen-bond acceptors (Lipinski definition) is 3. The fraction of sp³-hybridized carbons (Fsp3) is 0.286. The number of aryl methyl sites for hydroxylation is 2. The summed E-state index contributed by atoms with van der Waals surface area (Å²) in [5, 5.41) is 11.2. The predicted molar refractivity (Wildman–Crippen MR) is 98.4 cm³/mol. The van der Waals surface area contributed by atoms with Crippen LogP contribution in [0.25, 0.3) is 0 Å². The first-order chi connectivity index (χ1) is 12.9. The van der Waals surface area contributed by atoms with E-state index in [0.29, 0.717) is 5.56 Å². The zero-order chi connectivity index (χ0) is 19.4. The molecule has 0 saturated carbocycles. The highest BCUT2D eigenvalue weighted by Gasteiger charge is 2.15. The van der Waals surface area contributed by atoms with Gasteiger partial charge in [0.25, 0.3) is 0 Å². The van der Waals surface area contributed by atoms with Crippen LogP contribution in [0.5, 0.6) is 0 Å². The molecule has 0 unspecified atom stereocenters. The Labute approximate surface area is 156 Å². The van der Waals surface area contributed by atoms with Crippen molar-refractivity contribution in [1.82, 2.24) is 0 Å². The highest BCUT2D eigenvalue weighted by Crippen LogP contribution is 2.23. The van der Waals surface area contributed by atoms with E-state index in [1.807, 2.05) is 12.1 Å². The predicted octanol–water partition coefficient (Wildman–Crippen LogP) is 3.54. The van der Waals surface area contributed by atoms with Crippen LogP contribution in [0.2, 0.25) is 0 Å². The van der Waals surface area contributed by atoms with Crippen LogP contribution in [-0.4, -0.2) is 22.8 Å². The van der Waals surface area contributed by atoms with Crippen molar-refractivity contribution in [2.45, 2.75) is 38.5 Å². The summed E-state index contributed by atoms with van der Waals surface area (Å²) in [5.41, 5.74) is 3.40. The van der Waals surface area contributed by atoms with Crippen LogP contribution in [-0.2, 0) is 28.9 Å². The number of benzene rings is 2. The van der Waals surface area contributed by atoms with E-state index >= 15 is 0 Å². The molecular formula is C21H20FNO4. The largest absolute Gasteiger partial charge is 0.481 e. The van der Waals surface area contributed by atoms with Crippen LogP contribution in [0.3, 0.4) is 0 Å². The first-order valence-electron chi connectivity index (χ1n) is 8.87. The smallest absolute Gasteiger partial charge is 0.307 e. The monoisotopic (exact) mass is 369 g/mol. The fourth-order valence-electron chi connectivity index (χ4n) is 3.27. The Bertz CT molecular complexity index is 907. The number of amides is 1. The molecule has 0 aromatic heterocycles. The average molecular weight is 369 g/mol. The third-order valence-corrected chi connectivity index (χ3v) is 4.68. The second kappa shape index (κ2) is 8.12. The normalized spacial score (nSPS) is 12.5. The van der Waals surface area contributed by atoms with Gasteiger partial charge in [-0.05, 0) is 54.2 Å². The number of carbonyl (C=O) groups excluding carboxylic acids is 2. The van der Waals surface area contributed by atoms with Crippen LogP contribution in [0.4, 0.5) is 10.1 Å². The molecule has 27 heavy (non-hydrogen) atoms. The van der Waals surface area contributed by atoms with Crippen LogP contribution in [0, 0.1) is 5.82 Å². The van der Waals surface area contributed by atoms with E-state index in [9.17, 15) is 18.8 Å². The minimum Gasteiger partial charge on any atom is -0.481 e. The standard InChI is InChI=1S/C21H20FNO4/c22-18-12-17(7-6-15(18)11-21(26)27)23-20(25)9-8-19(24)16-5-4-13-2-1-3-14(13)10-16/h4-7,10,12H,1-3,8-9,11H2,(H,23,25)(H,26,27). The molecule has 5 nitrogen and oxygen atoms in total. The fourth-order valence-corrected chi connectivity index (χ4v) is 3.27. The van der Waals surface area contributed by atoms with E-state index < -0.39 is 24.1 Å². The maximum Gasteiger partial charge on any atom is 0.307 e. The molecule has 0 heterocycles. The molecule has 2 aromatic carbocycles. The van der Waals surface area contributed by atoms with E-state index in [-0.39, 0.29) is 29.9 Å². The number of halogens is 1. The number of Topliss-reactive ketones (excluding diaryl/α,β-unsaturated/α-hetero) is 1. The first kappa shape index (κ1) is 18.8. The highest BCUT2D eigenvalue weighted by atomic mass is 19.1. The van der Waals surface area contributed by atoms with E-state index in [0.717, 1.165) is 25.3 Å². The van der Waals surface area contributed by atoms with E-state index in [2.05, 4.69) is 5.32 Å². The van der Waals surface area contributed by atoms with Crippen molar-refractivity contribution < 1.29 is 23.9 Å². The second-order valence-corrected chi connectivity index (χ2v) is 6.69. The summed E-state index contributed by atoms with van der Waals surface area (Å²) in [4.78, 5) is 35.0. The van der Waals surface area contributed by atoms with Crippen molar-refractivity contribution in [2.24, 2.45) is 0 Å². The molecular weight excluding hydrogens is 349 g/mol. The molecule has 3 rings (SSSR count). The summed E-state index contributed by atoms with van der Waals surface area (Å²) in [6.07, 6.45) is 2.79. The molecule has 2 aromatic rings. The first-order valence-corrected chi connectivity index (χ1v) is 8.87. The number of nitrogens with one attached hydrogen (secondary N) is 1. The van der Waals surface area contributed by atoms with E-state index in [4.69, 9.17) is 5.11 Å². The van der Waals surface area contributed by atoms with Crippen molar-refractivity contribution in [3.8, 4) is 0 Å². The van der Waals surface area contributed by atoms with Crippen LogP contribution >= 0.6 is 0 Å². The number of carboxylic acid groups (broad SMARTS) is 1. The Morgan fingerprint density at radius 3 is 2.52 bits per heavy atom. The Morgan fingerprint density at radius 2 is 1.78 bits per heavy atom. The number of anilines is 1. The van der Waals surface area contributed by atoms with Crippen molar-refractivity contribution in [3.63, 3.8) is 0 Å². The Balaban J connectivity index is 1.54. The minimum atomic E-state index is -1.13. The van der Waals surface area contributed by atoms with Crippen molar-refractivity contribution in [1.29, 1.82) is 0 Å². The number of carbonyl (C=O) groups is 3. The van der Waals surface area contributed by atoms with Crippen LogP contribution in [0.15, 0.2) is 36.4 Å². The summed E-state index contributed by atoms with van der Waals surface area (Å²) in [6.45, 7) is 0. The van der Waals surface area contributed by atoms with Gasteiger partial charge in [0, 0.05) is 24.1 Å².